The minimum Gasteiger partial charge on any atom is -0.465 e. The van der Waals surface area contributed by atoms with Crippen LogP contribution in [0.2, 0.25) is 0 Å². The molecule has 0 spiro atoms. The van der Waals surface area contributed by atoms with Crippen LogP contribution in [0.3, 0.4) is 0 Å². The zero-order valence-electron chi connectivity index (χ0n) is 17.7. The molecule has 0 aliphatic heterocycles. The van der Waals surface area contributed by atoms with Crippen LogP contribution in [0, 0.1) is 6.92 Å². The number of nitrogens with one attached hydrogen (secondary N) is 1. The smallest absolute Gasteiger partial charge is 0.337 e. The van der Waals surface area contributed by atoms with E-state index in [2.05, 4.69) is 15.0 Å². The Balaban J connectivity index is 1.49. The molecule has 0 saturated carbocycles. The van der Waals surface area contributed by atoms with Crippen molar-refractivity contribution >= 4 is 22.8 Å². The Morgan fingerprint density at radius 1 is 0.938 bits per heavy atom. The number of benzene rings is 3. The van der Waals surface area contributed by atoms with Crippen molar-refractivity contribution in [2.24, 2.45) is 0 Å². The van der Waals surface area contributed by atoms with Crippen LogP contribution < -0.4 is 10.9 Å². The number of nitrogens with zero attached hydrogens (tertiary/aromatic N) is 2. The van der Waals surface area contributed by atoms with E-state index < -0.39 is 5.97 Å². The molecule has 4 rings (SSSR count). The lowest BCUT2D eigenvalue weighted by molar-refractivity contribution is 0.0600. The van der Waals surface area contributed by atoms with Gasteiger partial charge in [0.25, 0.3) is 11.5 Å². The molecule has 0 bridgehead atoms. The Bertz CT molecular complexity index is 1360. The van der Waals surface area contributed by atoms with Crippen molar-refractivity contribution in [2.45, 2.75) is 13.5 Å². The van der Waals surface area contributed by atoms with Crippen LogP contribution in [0.25, 0.3) is 16.6 Å². The summed E-state index contributed by atoms with van der Waals surface area (Å²) in [5, 5.41) is 3.39. The van der Waals surface area contributed by atoms with Gasteiger partial charge in [0, 0.05) is 12.1 Å². The van der Waals surface area contributed by atoms with Gasteiger partial charge in [-0.2, -0.15) is 0 Å². The molecule has 1 amide bonds. The number of esters is 1. The third-order valence-electron chi connectivity index (χ3n) is 5.16. The van der Waals surface area contributed by atoms with E-state index in [1.807, 2.05) is 18.2 Å². The second-order valence-electron chi connectivity index (χ2n) is 7.23. The van der Waals surface area contributed by atoms with Crippen LogP contribution in [0.5, 0.6) is 0 Å². The first-order valence-electron chi connectivity index (χ1n) is 10.0. The second-order valence-corrected chi connectivity index (χ2v) is 7.23. The Kier molecular flexibility index (Phi) is 5.81. The summed E-state index contributed by atoms with van der Waals surface area (Å²) in [6.07, 6.45) is 0. The maximum absolute atomic E-state index is 12.9. The first kappa shape index (κ1) is 21.0. The number of para-hydroxylation sites is 1. The van der Waals surface area contributed by atoms with Gasteiger partial charge in [0.1, 0.15) is 5.82 Å². The normalized spacial score (nSPS) is 10.7. The Labute approximate surface area is 184 Å². The van der Waals surface area contributed by atoms with Gasteiger partial charge in [-0.15, -0.1) is 0 Å². The molecule has 0 aliphatic rings. The van der Waals surface area contributed by atoms with E-state index in [0.717, 1.165) is 5.56 Å². The molecule has 1 aromatic heterocycles. The number of fused-ring (bicyclic) bond motifs is 1. The third-order valence-corrected chi connectivity index (χ3v) is 5.16. The molecule has 1 heterocycles. The molecule has 0 atom stereocenters. The summed E-state index contributed by atoms with van der Waals surface area (Å²) < 4.78 is 6.21. The number of ether oxygens (including phenoxy) is 1. The molecule has 0 aliphatic carbocycles. The van der Waals surface area contributed by atoms with Crippen LogP contribution in [-0.4, -0.2) is 28.5 Å². The molecule has 160 valence electrons. The van der Waals surface area contributed by atoms with E-state index in [1.54, 1.807) is 61.5 Å². The zero-order chi connectivity index (χ0) is 22.7. The molecule has 0 radical (unpaired) electrons. The molecule has 0 fully saturated rings. The molecular weight excluding hydrogens is 406 g/mol. The lowest BCUT2D eigenvalue weighted by Gasteiger charge is -2.12. The van der Waals surface area contributed by atoms with E-state index in [1.165, 1.54) is 11.7 Å². The van der Waals surface area contributed by atoms with Gasteiger partial charge in [-0.25, -0.2) is 9.78 Å². The van der Waals surface area contributed by atoms with Crippen LogP contribution in [-0.2, 0) is 11.3 Å². The van der Waals surface area contributed by atoms with Crippen molar-refractivity contribution in [3.8, 4) is 5.69 Å². The highest BCUT2D eigenvalue weighted by atomic mass is 16.5. The molecule has 7 nitrogen and oxygen atoms in total. The number of aromatic nitrogens is 2. The van der Waals surface area contributed by atoms with E-state index in [0.29, 0.717) is 40.1 Å². The van der Waals surface area contributed by atoms with Gasteiger partial charge in [0.05, 0.1) is 29.3 Å². The fourth-order valence-corrected chi connectivity index (χ4v) is 3.47. The van der Waals surface area contributed by atoms with E-state index in [9.17, 15) is 14.4 Å². The highest BCUT2D eigenvalue weighted by Crippen LogP contribution is 2.14. The van der Waals surface area contributed by atoms with Gasteiger partial charge in [0.15, 0.2) is 0 Å². The van der Waals surface area contributed by atoms with Crippen molar-refractivity contribution in [3.05, 3.63) is 106 Å². The molecule has 32 heavy (non-hydrogen) atoms. The van der Waals surface area contributed by atoms with Gasteiger partial charge in [-0.05, 0) is 61.0 Å². The molecule has 7 heteroatoms. The van der Waals surface area contributed by atoms with Crippen molar-refractivity contribution < 1.29 is 14.3 Å². The van der Waals surface area contributed by atoms with Gasteiger partial charge in [0.2, 0.25) is 0 Å². The summed E-state index contributed by atoms with van der Waals surface area (Å²) in [5.41, 5.74) is 2.92. The summed E-state index contributed by atoms with van der Waals surface area (Å²) in [4.78, 5) is 41.5. The summed E-state index contributed by atoms with van der Waals surface area (Å²) in [6.45, 7) is 2.09. The predicted molar refractivity (Wildman–Crippen MR) is 121 cm³/mol. The topological polar surface area (TPSA) is 90.3 Å². The number of carbonyl (C=O) groups is 2. The number of amides is 1. The van der Waals surface area contributed by atoms with Crippen LogP contribution in [0.4, 0.5) is 0 Å². The Morgan fingerprint density at radius 2 is 1.59 bits per heavy atom. The number of carbonyl (C=O) groups excluding carboxylic acids is 2. The average Bonchev–Trinajstić information content (AvgIpc) is 2.83. The Hall–Kier alpha value is -4.26. The fraction of sp³-hybridized carbons (Fsp3) is 0.120. The van der Waals surface area contributed by atoms with E-state index >= 15 is 0 Å². The van der Waals surface area contributed by atoms with Crippen molar-refractivity contribution in [1.82, 2.24) is 14.9 Å². The maximum Gasteiger partial charge on any atom is 0.337 e. The molecule has 3 aromatic carbocycles. The number of rotatable bonds is 5. The summed E-state index contributed by atoms with van der Waals surface area (Å²) >= 11 is 0. The van der Waals surface area contributed by atoms with Crippen molar-refractivity contribution in [3.63, 3.8) is 0 Å². The van der Waals surface area contributed by atoms with E-state index in [4.69, 9.17) is 0 Å². The first-order chi connectivity index (χ1) is 15.5. The highest BCUT2D eigenvalue weighted by Gasteiger charge is 2.11. The minimum atomic E-state index is -0.406. The minimum absolute atomic E-state index is 0.152. The third kappa shape index (κ3) is 4.13. The largest absolute Gasteiger partial charge is 0.465 e. The number of methoxy groups -OCH3 is 1. The second kappa shape index (κ2) is 8.85. The van der Waals surface area contributed by atoms with Crippen LogP contribution in [0.15, 0.2) is 77.6 Å². The lowest BCUT2D eigenvalue weighted by Crippen LogP contribution is -2.24. The number of aryl methyl sites for hydroxylation is 1. The molecule has 1 N–H and O–H groups in total. The van der Waals surface area contributed by atoms with Gasteiger partial charge < -0.3 is 10.1 Å². The zero-order valence-corrected chi connectivity index (χ0v) is 17.7. The van der Waals surface area contributed by atoms with Crippen LogP contribution in [0.1, 0.15) is 32.1 Å². The SMILES string of the molecule is COC(=O)c1ccc(CNC(=O)c2ccc(-n3c(C)nc4ccccc4c3=O)cc2)cc1. The molecule has 0 saturated heterocycles. The molecule has 0 unspecified atom stereocenters. The van der Waals surface area contributed by atoms with Gasteiger partial charge in [-0.3, -0.25) is 14.2 Å². The summed E-state index contributed by atoms with van der Waals surface area (Å²) in [5.74, 6) is -0.0766. The first-order valence-corrected chi connectivity index (χ1v) is 10.0. The fourth-order valence-electron chi connectivity index (χ4n) is 3.47. The number of hydrogen-bond donors (Lipinski definition) is 1. The monoisotopic (exact) mass is 427 g/mol. The lowest BCUT2D eigenvalue weighted by atomic mass is 10.1. The highest BCUT2D eigenvalue weighted by molar-refractivity contribution is 5.94. The quantitative estimate of drug-likeness (QED) is 0.493. The van der Waals surface area contributed by atoms with E-state index in [-0.39, 0.29) is 11.5 Å². The molecule has 4 aromatic rings. The standard InChI is InChI=1S/C25H21N3O4/c1-16-27-22-6-4-3-5-21(22)24(30)28(16)20-13-11-18(12-14-20)23(29)26-15-17-7-9-19(10-8-17)25(31)32-2/h3-14H,15H2,1-2H3,(H,26,29). The summed E-state index contributed by atoms with van der Waals surface area (Å²) in [6, 6.07) is 20.8. The van der Waals surface area contributed by atoms with Crippen molar-refractivity contribution in [2.75, 3.05) is 7.11 Å². The van der Waals surface area contributed by atoms with Gasteiger partial charge >= 0.3 is 5.97 Å². The predicted octanol–water partition coefficient (Wildman–Crippen LogP) is 3.41. The Morgan fingerprint density at radius 3 is 2.28 bits per heavy atom. The average molecular weight is 427 g/mol. The van der Waals surface area contributed by atoms with Crippen molar-refractivity contribution in [1.29, 1.82) is 0 Å². The number of hydrogen-bond acceptors (Lipinski definition) is 5. The van der Waals surface area contributed by atoms with Gasteiger partial charge in [-0.1, -0.05) is 24.3 Å². The maximum atomic E-state index is 12.9. The molecular formula is C25H21N3O4. The van der Waals surface area contributed by atoms with Crippen LogP contribution >= 0.6 is 0 Å². The summed E-state index contributed by atoms with van der Waals surface area (Å²) in [7, 11) is 1.33.